The van der Waals surface area contributed by atoms with E-state index < -0.39 is 0 Å². The highest BCUT2D eigenvalue weighted by molar-refractivity contribution is 7.18. The third kappa shape index (κ3) is 3.24. The van der Waals surface area contributed by atoms with Gasteiger partial charge in [0, 0.05) is 30.8 Å². The van der Waals surface area contributed by atoms with Gasteiger partial charge in [0.05, 0.1) is 15.2 Å². The summed E-state index contributed by atoms with van der Waals surface area (Å²) in [7, 11) is 0. The molecule has 6 heteroatoms. The highest BCUT2D eigenvalue weighted by atomic mass is 32.1. The van der Waals surface area contributed by atoms with E-state index in [1.165, 1.54) is 28.1 Å². The summed E-state index contributed by atoms with van der Waals surface area (Å²) >= 11 is 1.84. The number of rotatable bonds is 4. The van der Waals surface area contributed by atoms with E-state index in [4.69, 9.17) is 4.98 Å². The molecule has 1 saturated heterocycles. The van der Waals surface area contributed by atoms with Crippen LogP contribution in [0.25, 0.3) is 10.2 Å². The molecule has 1 atom stereocenters. The zero-order valence-electron chi connectivity index (χ0n) is 15.6. The molecule has 1 aliphatic heterocycles. The van der Waals surface area contributed by atoms with Crippen LogP contribution in [0.15, 0.2) is 18.2 Å². The van der Waals surface area contributed by atoms with Crippen LogP contribution in [0.2, 0.25) is 0 Å². The molecule has 2 aliphatic carbocycles. The number of benzene rings is 1. The number of aromatic nitrogens is 1. The van der Waals surface area contributed by atoms with Gasteiger partial charge in [-0.05, 0) is 62.1 Å². The number of aryl methyl sites for hydroxylation is 1. The van der Waals surface area contributed by atoms with Crippen molar-refractivity contribution in [2.75, 3.05) is 0 Å². The maximum atomic E-state index is 12.2. The lowest BCUT2D eigenvalue weighted by Gasteiger charge is -2.57. The maximum absolute atomic E-state index is 12.2. The molecule has 0 bridgehead atoms. The van der Waals surface area contributed by atoms with Gasteiger partial charge in [-0.1, -0.05) is 6.07 Å². The number of fused-ring (bicyclic) bond motifs is 1. The maximum Gasteiger partial charge on any atom is 0.222 e. The first-order valence-electron chi connectivity index (χ1n) is 9.94. The Morgan fingerprint density at radius 1 is 1.33 bits per heavy atom. The van der Waals surface area contributed by atoms with E-state index in [2.05, 4.69) is 35.8 Å². The fourth-order valence-electron chi connectivity index (χ4n) is 5.15. The molecule has 27 heavy (non-hydrogen) atoms. The van der Waals surface area contributed by atoms with Crippen LogP contribution in [0.3, 0.4) is 0 Å². The summed E-state index contributed by atoms with van der Waals surface area (Å²) in [6.07, 6.45) is 6.35. The second-order valence-corrected chi connectivity index (χ2v) is 9.87. The molecule has 2 N–H and O–H groups in total. The predicted octanol–water partition coefficient (Wildman–Crippen LogP) is 3.42. The van der Waals surface area contributed by atoms with Gasteiger partial charge in [0.15, 0.2) is 0 Å². The molecule has 1 aromatic carbocycles. The molecule has 2 aromatic rings. The predicted molar refractivity (Wildman–Crippen MR) is 106 cm³/mol. The van der Waals surface area contributed by atoms with E-state index in [0.717, 1.165) is 24.8 Å². The SMILES string of the molecule is Cc1ccc2sc(C3CC4(CC(NC(=O)CC5CCC(=O)N5)C4)C3)nc2c1. The Bertz CT molecular complexity index is 907. The number of carbonyl (C=O) groups excluding carboxylic acids is 2. The average Bonchev–Trinajstić information content (AvgIpc) is 3.13. The molecule has 1 aromatic heterocycles. The number of carbonyl (C=O) groups is 2. The monoisotopic (exact) mass is 383 g/mol. The smallest absolute Gasteiger partial charge is 0.222 e. The number of nitrogens with zero attached hydrogens (tertiary/aromatic N) is 1. The van der Waals surface area contributed by atoms with Crippen LogP contribution in [0.4, 0.5) is 0 Å². The second-order valence-electron chi connectivity index (χ2n) is 8.81. The summed E-state index contributed by atoms with van der Waals surface area (Å²) in [5.41, 5.74) is 2.82. The molecule has 5 nitrogen and oxygen atoms in total. The lowest BCUT2D eigenvalue weighted by molar-refractivity contribution is -0.125. The van der Waals surface area contributed by atoms with Crippen LogP contribution < -0.4 is 10.6 Å². The van der Waals surface area contributed by atoms with Gasteiger partial charge in [-0.15, -0.1) is 11.3 Å². The van der Waals surface area contributed by atoms with E-state index in [1.807, 2.05) is 11.3 Å². The Labute approximate surface area is 162 Å². The third-order valence-corrected chi connectivity index (χ3v) is 7.71. The molecule has 0 radical (unpaired) electrons. The number of amides is 2. The molecule has 2 saturated carbocycles. The van der Waals surface area contributed by atoms with Crippen LogP contribution >= 0.6 is 11.3 Å². The molecule has 142 valence electrons. The first-order valence-corrected chi connectivity index (χ1v) is 10.8. The highest BCUT2D eigenvalue weighted by Gasteiger charge is 2.54. The minimum absolute atomic E-state index is 0.0299. The molecule has 3 aliphatic rings. The van der Waals surface area contributed by atoms with Gasteiger partial charge in [0.1, 0.15) is 0 Å². The Morgan fingerprint density at radius 3 is 2.89 bits per heavy atom. The van der Waals surface area contributed by atoms with E-state index in [-0.39, 0.29) is 17.9 Å². The van der Waals surface area contributed by atoms with Crippen molar-refractivity contribution in [3.63, 3.8) is 0 Å². The van der Waals surface area contributed by atoms with Gasteiger partial charge in [0.2, 0.25) is 11.8 Å². The zero-order chi connectivity index (χ0) is 18.6. The van der Waals surface area contributed by atoms with Crippen molar-refractivity contribution >= 4 is 33.4 Å². The molecule has 2 heterocycles. The van der Waals surface area contributed by atoms with Crippen molar-refractivity contribution in [3.05, 3.63) is 28.8 Å². The Kier molecular flexibility index (Phi) is 4.00. The van der Waals surface area contributed by atoms with Gasteiger partial charge in [-0.3, -0.25) is 9.59 Å². The van der Waals surface area contributed by atoms with E-state index in [1.54, 1.807) is 0 Å². The molecule has 3 fully saturated rings. The van der Waals surface area contributed by atoms with E-state index in [9.17, 15) is 9.59 Å². The van der Waals surface area contributed by atoms with Gasteiger partial charge < -0.3 is 10.6 Å². The minimum Gasteiger partial charge on any atom is -0.353 e. The second kappa shape index (κ2) is 6.30. The van der Waals surface area contributed by atoms with Gasteiger partial charge in [-0.2, -0.15) is 0 Å². The third-order valence-electron chi connectivity index (χ3n) is 6.51. The van der Waals surface area contributed by atoms with Crippen molar-refractivity contribution < 1.29 is 9.59 Å². The molecule has 1 unspecified atom stereocenters. The number of hydrogen-bond acceptors (Lipinski definition) is 4. The van der Waals surface area contributed by atoms with Crippen molar-refractivity contribution in [2.24, 2.45) is 5.41 Å². The molecular weight excluding hydrogens is 358 g/mol. The van der Waals surface area contributed by atoms with Crippen LogP contribution in [0.5, 0.6) is 0 Å². The lowest BCUT2D eigenvalue weighted by atomic mass is 9.50. The van der Waals surface area contributed by atoms with Crippen LogP contribution in [0, 0.1) is 12.3 Å². The molecule has 2 amide bonds. The highest BCUT2D eigenvalue weighted by Crippen LogP contribution is 2.62. The van der Waals surface area contributed by atoms with Crippen LogP contribution in [0.1, 0.15) is 61.4 Å². The fourth-order valence-corrected chi connectivity index (χ4v) is 6.20. The lowest BCUT2D eigenvalue weighted by Crippen LogP contribution is -2.56. The van der Waals surface area contributed by atoms with Crippen LogP contribution in [-0.4, -0.2) is 28.9 Å². The average molecular weight is 384 g/mol. The van der Waals surface area contributed by atoms with Crippen molar-refractivity contribution in [1.82, 2.24) is 15.6 Å². The first kappa shape index (κ1) is 17.2. The Hall–Kier alpha value is -1.95. The quantitative estimate of drug-likeness (QED) is 0.850. The summed E-state index contributed by atoms with van der Waals surface area (Å²) in [5, 5.41) is 7.31. The van der Waals surface area contributed by atoms with E-state index >= 15 is 0 Å². The Balaban J connectivity index is 1.11. The molecular formula is C21H25N3O2S. The summed E-state index contributed by atoms with van der Waals surface area (Å²) in [6, 6.07) is 6.85. The normalized spacial score (nSPS) is 32.2. The zero-order valence-corrected chi connectivity index (χ0v) is 16.4. The van der Waals surface area contributed by atoms with Crippen molar-refractivity contribution in [2.45, 2.75) is 69.9 Å². The van der Waals surface area contributed by atoms with Crippen molar-refractivity contribution in [3.8, 4) is 0 Å². The summed E-state index contributed by atoms with van der Waals surface area (Å²) in [4.78, 5) is 28.3. The van der Waals surface area contributed by atoms with Gasteiger partial charge >= 0.3 is 0 Å². The number of nitrogens with one attached hydrogen (secondary N) is 2. The summed E-state index contributed by atoms with van der Waals surface area (Å²) in [5.74, 6) is 0.744. The fraction of sp³-hybridized carbons (Fsp3) is 0.571. The van der Waals surface area contributed by atoms with E-state index in [0.29, 0.717) is 30.2 Å². The number of thiazole rings is 1. The summed E-state index contributed by atoms with van der Waals surface area (Å²) < 4.78 is 1.29. The standard InChI is InChI=1S/C21H25N3O2S/c1-12-2-4-17-16(6-12)24-20(27-17)13-8-21(9-13)10-15(11-21)23-19(26)7-14-3-5-18(25)22-14/h2,4,6,13-15H,3,5,7-11H2,1H3,(H,22,25)(H,23,26). The van der Waals surface area contributed by atoms with Gasteiger partial charge in [0.25, 0.3) is 0 Å². The van der Waals surface area contributed by atoms with Crippen LogP contribution in [-0.2, 0) is 9.59 Å². The number of hydrogen-bond donors (Lipinski definition) is 2. The first-order chi connectivity index (χ1) is 13.0. The molecule has 5 rings (SSSR count). The minimum atomic E-state index is 0.0299. The topological polar surface area (TPSA) is 71.1 Å². The van der Waals surface area contributed by atoms with Gasteiger partial charge in [-0.25, -0.2) is 4.98 Å². The summed E-state index contributed by atoms with van der Waals surface area (Å²) in [6.45, 7) is 2.11. The van der Waals surface area contributed by atoms with Crippen molar-refractivity contribution in [1.29, 1.82) is 0 Å². The largest absolute Gasteiger partial charge is 0.353 e. The molecule has 1 spiro atoms. The Morgan fingerprint density at radius 2 is 2.15 bits per heavy atom.